The number of hydrogen-bond acceptors (Lipinski definition) is 3. The molecule has 24 heavy (non-hydrogen) atoms. The highest BCUT2D eigenvalue weighted by Crippen LogP contribution is 2.23. The van der Waals surface area contributed by atoms with Gasteiger partial charge in [-0.05, 0) is 38.0 Å². The summed E-state index contributed by atoms with van der Waals surface area (Å²) >= 11 is 0. The van der Waals surface area contributed by atoms with Crippen molar-refractivity contribution in [1.29, 1.82) is 0 Å². The van der Waals surface area contributed by atoms with Crippen molar-refractivity contribution >= 4 is 11.7 Å². The summed E-state index contributed by atoms with van der Waals surface area (Å²) in [7, 11) is 0. The zero-order valence-electron chi connectivity index (χ0n) is 14.6. The number of rotatable bonds is 3. The van der Waals surface area contributed by atoms with Crippen molar-refractivity contribution in [3.8, 4) is 0 Å². The summed E-state index contributed by atoms with van der Waals surface area (Å²) in [4.78, 5) is 16.6. The molecule has 2 heterocycles. The van der Waals surface area contributed by atoms with Gasteiger partial charge in [-0.2, -0.15) is 0 Å². The van der Waals surface area contributed by atoms with Crippen molar-refractivity contribution in [3.63, 3.8) is 0 Å². The van der Waals surface area contributed by atoms with E-state index in [9.17, 15) is 4.79 Å². The standard InChI is InChI=1S/C19H27N3O2/c1-15-7-9-22(10-8-15)19(23)20-18-5-3-17(4-6-18)16(2)21-11-13-24-14-12-21/h3-7,16H,8-14H2,1-2H3,(H,20,23). The lowest BCUT2D eigenvalue weighted by atomic mass is 10.1. The zero-order valence-corrected chi connectivity index (χ0v) is 14.6. The Morgan fingerprint density at radius 1 is 1.17 bits per heavy atom. The fourth-order valence-electron chi connectivity index (χ4n) is 3.18. The van der Waals surface area contributed by atoms with Gasteiger partial charge >= 0.3 is 6.03 Å². The molecular formula is C19H27N3O2. The number of carbonyl (C=O) groups is 1. The summed E-state index contributed by atoms with van der Waals surface area (Å²) in [5.41, 5.74) is 3.48. The number of nitrogens with zero attached hydrogens (tertiary/aromatic N) is 2. The van der Waals surface area contributed by atoms with Gasteiger partial charge in [0.2, 0.25) is 0 Å². The van der Waals surface area contributed by atoms with Crippen molar-refractivity contribution in [2.75, 3.05) is 44.7 Å². The first-order valence-corrected chi connectivity index (χ1v) is 8.77. The number of morpholine rings is 1. The van der Waals surface area contributed by atoms with Gasteiger partial charge in [0.1, 0.15) is 0 Å². The van der Waals surface area contributed by atoms with Crippen LogP contribution in [0.5, 0.6) is 0 Å². The van der Waals surface area contributed by atoms with E-state index in [2.05, 4.69) is 42.3 Å². The van der Waals surface area contributed by atoms with Crippen molar-refractivity contribution in [1.82, 2.24) is 9.80 Å². The second-order valence-corrected chi connectivity index (χ2v) is 6.62. The number of anilines is 1. The van der Waals surface area contributed by atoms with E-state index in [0.717, 1.165) is 45.0 Å². The van der Waals surface area contributed by atoms with Gasteiger partial charge in [0.15, 0.2) is 0 Å². The molecule has 1 unspecified atom stereocenters. The van der Waals surface area contributed by atoms with Gasteiger partial charge < -0.3 is 15.0 Å². The SMILES string of the molecule is CC1=CCN(C(=O)Nc2ccc(C(C)N3CCOCC3)cc2)CC1. The molecule has 1 saturated heterocycles. The Morgan fingerprint density at radius 2 is 1.88 bits per heavy atom. The average Bonchev–Trinajstić information content (AvgIpc) is 2.63. The van der Waals surface area contributed by atoms with E-state index in [1.54, 1.807) is 0 Å². The zero-order chi connectivity index (χ0) is 16.9. The molecule has 5 heteroatoms. The van der Waals surface area contributed by atoms with E-state index in [0.29, 0.717) is 12.6 Å². The third-order valence-electron chi connectivity index (χ3n) is 4.96. The average molecular weight is 329 g/mol. The van der Waals surface area contributed by atoms with Gasteiger partial charge in [-0.15, -0.1) is 0 Å². The van der Waals surface area contributed by atoms with Crippen LogP contribution in [0.4, 0.5) is 10.5 Å². The molecule has 0 saturated carbocycles. The van der Waals surface area contributed by atoms with Crippen molar-refractivity contribution in [2.45, 2.75) is 26.3 Å². The maximum absolute atomic E-state index is 12.3. The number of amides is 2. The molecule has 2 aliphatic rings. The van der Waals surface area contributed by atoms with Crippen LogP contribution in [-0.2, 0) is 4.74 Å². The largest absolute Gasteiger partial charge is 0.379 e. The third-order valence-corrected chi connectivity index (χ3v) is 4.96. The predicted octanol–water partition coefficient (Wildman–Crippen LogP) is 3.26. The molecule has 0 radical (unpaired) electrons. The molecule has 3 rings (SSSR count). The second-order valence-electron chi connectivity index (χ2n) is 6.62. The molecular weight excluding hydrogens is 302 g/mol. The third kappa shape index (κ3) is 4.16. The summed E-state index contributed by atoms with van der Waals surface area (Å²) in [6.07, 6.45) is 3.08. The molecule has 1 atom stereocenters. The Hall–Kier alpha value is -1.85. The Balaban J connectivity index is 1.57. The molecule has 130 valence electrons. The molecule has 1 aromatic carbocycles. The minimum atomic E-state index is -0.0206. The summed E-state index contributed by atoms with van der Waals surface area (Å²) in [6.45, 7) is 9.39. The molecule has 1 N–H and O–H groups in total. The molecule has 0 aromatic heterocycles. The number of nitrogens with one attached hydrogen (secondary N) is 1. The number of carbonyl (C=O) groups excluding carboxylic acids is 1. The van der Waals surface area contributed by atoms with E-state index in [1.807, 2.05) is 17.0 Å². The smallest absolute Gasteiger partial charge is 0.322 e. The van der Waals surface area contributed by atoms with Gasteiger partial charge in [0, 0.05) is 37.9 Å². The highest BCUT2D eigenvalue weighted by atomic mass is 16.5. The van der Waals surface area contributed by atoms with Crippen LogP contribution >= 0.6 is 0 Å². The lowest BCUT2D eigenvalue weighted by molar-refractivity contribution is 0.0198. The Morgan fingerprint density at radius 3 is 2.50 bits per heavy atom. The number of hydrogen-bond donors (Lipinski definition) is 1. The van der Waals surface area contributed by atoms with E-state index < -0.39 is 0 Å². The van der Waals surface area contributed by atoms with Crippen molar-refractivity contribution in [3.05, 3.63) is 41.5 Å². The van der Waals surface area contributed by atoms with E-state index in [1.165, 1.54) is 11.1 Å². The number of ether oxygens (including phenoxy) is 1. The normalized spacial score (nSPS) is 20.4. The van der Waals surface area contributed by atoms with Crippen LogP contribution in [0.25, 0.3) is 0 Å². The Bertz CT molecular complexity index is 591. The van der Waals surface area contributed by atoms with E-state index >= 15 is 0 Å². The number of benzene rings is 1. The summed E-state index contributed by atoms with van der Waals surface area (Å²) in [5.74, 6) is 0. The lowest BCUT2D eigenvalue weighted by Gasteiger charge is -2.32. The lowest BCUT2D eigenvalue weighted by Crippen LogP contribution is -2.38. The maximum atomic E-state index is 12.3. The first-order valence-electron chi connectivity index (χ1n) is 8.77. The van der Waals surface area contributed by atoms with Crippen LogP contribution in [0.1, 0.15) is 31.9 Å². The van der Waals surface area contributed by atoms with Gasteiger partial charge in [-0.25, -0.2) is 4.79 Å². The summed E-state index contributed by atoms with van der Waals surface area (Å²) < 4.78 is 5.41. The molecule has 2 amide bonds. The van der Waals surface area contributed by atoms with Crippen molar-refractivity contribution < 1.29 is 9.53 Å². The monoisotopic (exact) mass is 329 g/mol. The van der Waals surface area contributed by atoms with Gasteiger partial charge in [0.25, 0.3) is 0 Å². The fourth-order valence-corrected chi connectivity index (χ4v) is 3.18. The molecule has 0 spiro atoms. The van der Waals surface area contributed by atoms with Crippen LogP contribution in [-0.4, -0.2) is 55.2 Å². The van der Waals surface area contributed by atoms with Crippen LogP contribution in [0.15, 0.2) is 35.9 Å². The quantitative estimate of drug-likeness (QED) is 0.866. The predicted molar refractivity (Wildman–Crippen MR) is 96.2 cm³/mol. The second kappa shape index (κ2) is 7.81. The van der Waals surface area contributed by atoms with Crippen LogP contribution in [0.2, 0.25) is 0 Å². The molecule has 0 aliphatic carbocycles. The first-order chi connectivity index (χ1) is 11.6. The van der Waals surface area contributed by atoms with Crippen molar-refractivity contribution in [2.24, 2.45) is 0 Å². The minimum Gasteiger partial charge on any atom is -0.379 e. The molecule has 0 bridgehead atoms. The van der Waals surface area contributed by atoms with Crippen LogP contribution in [0.3, 0.4) is 0 Å². The van der Waals surface area contributed by atoms with Gasteiger partial charge in [-0.3, -0.25) is 4.90 Å². The summed E-state index contributed by atoms with van der Waals surface area (Å²) in [5, 5.41) is 3.00. The Labute approximate surface area is 144 Å². The van der Waals surface area contributed by atoms with Crippen LogP contribution in [0, 0.1) is 0 Å². The van der Waals surface area contributed by atoms with E-state index in [4.69, 9.17) is 4.74 Å². The first kappa shape index (κ1) is 17.0. The van der Waals surface area contributed by atoms with Gasteiger partial charge in [-0.1, -0.05) is 23.8 Å². The highest BCUT2D eigenvalue weighted by molar-refractivity contribution is 5.89. The molecule has 1 fully saturated rings. The fraction of sp³-hybridized carbons (Fsp3) is 0.526. The molecule has 2 aliphatic heterocycles. The topological polar surface area (TPSA) is 44.8 Å². The highest BCUT2D eigenvalue weighted by Gasteiger charge is 2.19. The maximum Gasteiger partial charge on any atom is 0.322 e. The Kier molecular flexibility index (Phi) is 5.53. The van der Waals surface area contributed by atoms with E-state index in [-0.39, 0.29) is 6.03 Å². The van der Waals surface area contributed by atoms with Crippen LogP contribution < -0.4 is 5.32 Å². The molecule has 1 aromatic rings. The van der Waals surface area contributed by atoms with Gasteiger partial charge in [0.05, 0.1) is 13.2 Å². The minimum absolute atomic E-state index is 0.0206. The number of urea groups is 1. The molecule has 5 nitrogen and oxygen atoms in total. The summed E-state index contributed by atoms with van der Waals surface area (Å²) in [6, 6.07) is 8.55.